The van der Waals surface area contributed by atoms with Crippen molar-refractivity contribution in [2.75, 3.05) is 13.1 Å². The summed E-state index contributed by atoms with van der Waals surface area (Å²) in [6, 6.07) is 0. The molecule has 3 heterocycles. The molecule has 0 bridgehead atoms. The molecule has 0 aromatic carbocycles. The van der Waals surface area contributed by atoms with E-state index in [0.29, 0.717) is 0 Å². The first-order chi connectivity index (χ1) is 9.57. The Morgan fingerprint density at radius 2 is 2.00 bits per heavy atom. The van der Waals surface area contributed by atoms with Crippen LogP contribution in [-0.4, -0.2) is 28.0 Å². The summed E-state index contributed by atoms with van der Waals surface area (Å²) >= 11 is 3.64. The van der Waals surface area contributed by atoms with E-state index in [-0.39, 0.29) is 5.41 Å². The molecule has 2 aromatic heterocycles. The van der Waals surface area contributed by atoms with Gasteiger partial charge in [0.05, 0.1) is 16.2 Å². The highest BCUT2D eigenvalue weighted by Gasteiger charge is 2.34. The Kier molecular flexibility index (Phi) is 3.93. The van der Waals surface area contributed by atoms with Gasteiger partial charge in [0.2, 0.25) is 0 Å². The minimum Gasteiger partial charge on any atom is -0.298 e. The lowest BCUT2D eigenvalue weighted by Gasteiger charge is -2.38. The van der Waals surface area contributed by atoms with Crippen molar-refractivity contribution in [3.8, 4) is 0 Å². The van der Waals surface area contributed by atoms with Crippen LogP contribution < -0.4 is 0 Å². The lowest BCUT2D eigenvalue weighted by atomic mass is 9.81. The molecule has 1 aliphatic rings. The first-order valence-corrected chi connectivity index (χ1v) is 8.81. The normalized spacial score (nSPS) is 19.4. The SMILES string of the molecule is Cc1cnc(C2(C)CCN(Cc3scnc3C)CC2)s1. The molecule has 20 heavy (non-hydrogen) atoms. The van der Waals surface area contributed by atoms with Crippen LogP contribution in [0.4, 0.5) is 0 Å². The maximum atomic E-state index is 4.62. The van der Waals surface area contributed by atoms with E-state index in [0.717, 1.165) is 19.6 Å². The van der Waals surface area contributed by atoms with E-state index in [1.807, 2.05) is 23.0 Å². The quantitative estimate of drug-likeness (QED) is 0.864. The smallest absolute Gasteiger partial charge is 0.0987 e. The zero-order chi connectivity index (χ0) is 14.2. The molecule has 0 atom stereocenters. The second kappa shape index (κ2) is 5.54. The van der Waals surface area contributed by atoms with Crippen molar-refractivity contribution in [1.82, 2.24) is 14.9 Å². The summed E-state index contributed by atoms with van der Waals surface area (Å²) in [5.41, 5.74) is 3.42. The summed E-state index contributed by atoms with van der Waals surface area (Å²) < 4.78 is 0. The third-order valence-corrected chi connectivity index (χ3v) is 6.45. The van der Waals surface area contributed by atoms with Crippen LogP contribution in [0, 0.1) is 13.8 Å². The molecule has 0 amide bonds. The van der Waals surface area contributed by atoms with Crippen LogP contribution >= 0.6 is 22.7 Å². The molecule has 1 aliphatic heterocycles. The summed E-state index contributed by atoms with van der Waals surface area (Å²) in [6.07, 6.45) is 4.42. The van der Waals surface area contributed by atoms with Crippen LogP contribution in [0.3, 0.4) is 0 Å². The monoisotopic (exact) mass is 307 g/mol. The Hall–Kier alpha value is -0.780. The van der Waals surface area contributed by atoms with Crippen LogP contribution in [0.2, 0.25) is 0 Å². The van der Waals surface area contributed by atoms with Crippen LogP contribution in [0.25, 0.3) is 0 Å². The third kappa shape index (κ3) is 2.80. The molecule has 5 heteroatoms. The van der Waals surface area contributed by atoms with E-state index in [2.05, 4.69) is 35.6 Å². The fourth-order valence-corrected chi connectivity index (χ4v) is 4.52. The fourth-order valence-electron chi connectivity index (χ4n) is 2.73. The third-order valence-electron chi connectivity index (χ3n) is 4.31. The highest BCUT2D eigenvalue weighted by Crippen LogP contribution is 2.37. The van der Waals surface area contributed by atoms with E-state index >= 15 is 0 Å². The Morgan fingerprint density at radius 3 is 2.55 bits per heavy atom. The molecule has 0 saturated carbocycles. The number of rotatable bonds is 3. The summed E-state index contributed by atoms with van der Waals surface area (Å²) in [4.78, 5) is 14.3. The maximum absolute atomic E-state index is 4.62. The molecule has 2 aromatic rings. The second-order valence-corrected chi connectivity index (χ2v) is 8.15. The second-order valence-electron chi connectivity index (χ2n) is 5.97. The van der Waals surface area contributed by atoms with E-state index < -0.39 is 0 Å². The van der Waals surface area contributed by atoms with Gasteiger partial charge in [0.15, 0.2) is 0 Å². The van der Waals surface area contributed by atoms with Gasteiger partial charge < -0.3 is 0 Å². The highest BCUT2D eigenvalue weighted by atomic mass is 32.1. The van der Waals surface area contributed by atoms with E-state index in [1.165, 1.54) is 33.3 Å². The van der Waals surface area contributed by atoms with Crippen molar-refractivity contribution in [3.63, 3.8) is 0 Å². The fraction of sp³-hybridized carbons (Fsp3) is 0.600. The predicted octanol–water partition coefficient (Wildman–Crippen LogP) is 3.77. The van der Waals surface area contributed by atoms with Crippen LogP contribution in [0.1, 0.15) is 40.2 Å². The van der Waals surface area contributed by atoms with Gasteiger partial charge in [-0.1, -0.05) is 6.92 Å². The van der Waals surface area contributed by atoms with Gasteiger partial charge in [-0.05, 0) is 39.8 Å². The lowest BCUT2D eigenvalue weighted by Crippen LogP contribution is -2.40. The van der Waals surface area contributed by atoms with Gasteiger partial charge in [-0.3, -0.25) is 4.90 Å². The molecule has 0 spiro atoms. The van der Waals surface area contributed by atoms with Crippen LogP contribution in [0.15, 0.2) is 11.7 Å². The number of aromatic nitrogens is 2. The molecule has 3 nitrogen and oxygen atoms in total. The molecule has 0 radical (unpaired) electrons. The van der Waals surface area contributed by atoms with Gasteiger partial charge >= 0.3 is 0 Å². The van der Waals surface area contributed by atoms with E-state index in [4.69, 9.17) is 0 Å². The number of thiazole rings is 2. The molecule has 3 rings (SSSR count). The van der Waals surface area contributed by atoms with Crippen molar-refractivity contribution >= 4 is 22.7 Å². The molecule has 1 fully saturated rings. The lowest BCUT2D eigenvalue weighted by molar-refractivity contribution is 0.163. The van der Waals surface area contributed by atoms with Crippen molar-refractivity contribution in [2.24, 2.45) is 0 Å². The Bertz CT molecular complexity index is 579. The molecular formula is C15H21N3S2. The Morgan fingerprint density at radius 1 is 1.25 bits per heavy atom. The summed E-state index contributed by atoms with van der Waals surface area (Å²) in [5.74, 6) is 0. The van der Waals surface area contributed by atoms with Gasteiger partial charge in [-0.15, -0.1) is 22.7 Å². The molecule has 0 N–H and O–H groups in total. The van der Waals surface area contributed by atoms with Gasteiger partial charge in [0.25, 0.3) is 0 Å². The molecule has 0 aliphatic carbocycles. The van der Waals surface area contributed by atoms with Gasteiger partial charge in [0, 0.05) is 27.9 Å². The van der Waals surface area contributed by atoms with Crippen molar-refractivity contribution in [3.05, 3.63) is 32.2 Å². The molecule has 108 valence electrons. The van der Waals surface area contributed by atoms with Crippen LogP contribution in [0.5, 0.6) is 0 Å². The number of hydrogen-bond acceptors (Lipinski definition) is 5. The highest BCUT2D eigenvalue weighted by molar-refractivity contribution is 7.11. The Labute approximate surface area is 128 Å². The van der Waals surface area contributed by atoms with Gasteiger partial charge in [0.1, 0.15) is 0 Å². The zero-order valence-electron chi connectivity index (χ0n) is 12.3. The van der Waals surface area contributed by atoms with Gasteiger partial charge in [-0.25, -0.2) is 9.97 Å². The van der Waals surface area contributed by atoms with Crippen molar-refractivity contribution < 1.29 is 0 Å². The number of aryl methyl sites for hydroxylation is 2. The predicted molar refractivity (Wildman–Crippen MR) is 85.6 cm³/mol. The van der Waals surface area contributed by atoms with Gasteiger partial charge in [-0.2, -0.15) is 0 Å². The summed E-state index contributed by atoms with van der Waals surface area (Å²) in [7, 11) is 0. The average molecular weight is 307 g/mol. The zero-order valence-corrected chi connectivity index (χ0v) is 14.0. The topological polar surface area (TPSA) is 29.0 Å². The first-order valence-electron chi connectivity index (χ1n) is 7.11. The van der Waals surface area contributed by atoms with Crippen molar-refractivity contribution in [1.29, 1.82) is 0 Å². The minimum atomic E-state index is 0.276. The Balaban J connectivity index is 1.63. The molecule has 0 unspecified atom stereocenters. The van der Waals surface area contributed by atoms with Crippen LogP contribution in [-0.2, 0) is 12.0 Å². The number of likely N-dealkylation sites (tertiary alicyclic amines) is 1. The number of hydrogen-bond donors (Lipinski definition) is 0. The van der Waals surface area contributed by atoms with E-state index in [9.17, 15) is 0 Å². The maximum Gasteiger partial charge on any atom is 0.0987 e. The molecular weight excluding hydrogens is 286 g/mol. The van der Waals surface area contributed by atoms with Crippen molar-refractivity contribution in [2.45, 2.75) is 45.6 Å². The summed E-state index contributed by atoms with van der Waals surface area (Å²) in [6.45, 7) is 10.0. The number of nitrogens with zero attached hydrogens (tertiary/aromatic N) is 3. The average Bonchev–Trinajstić information content (AvgIpc) is 3.03. The first kappa shape index (κ1) is 14.2. The standard InChI is InChI=1S/C15H21N3S2/c1-11-8-16-14(20-11)15(3)4-6-18(7-5-15)9-13-12(2)17-10-19-13/h8,10H,4-7,9H2,1-3H3. The van der Waals surface area contributed by atoms with E-state index in [1.54, 1.807) is 11.3 Å². The largest absolute Gasteiger partial charge is 0.298 e. The summed E-state index contributed by atoms with van der Waals surface area (Å²) in [5, 5.41) is 1.32. The number of piperidine rings is 1. The molecule has 1 saturated heterocycles. The minimum absolute atomic E-state index is 0.276.